The molecule has 7 nitrogen and oxygen atoms in total. The zero-order valence-electron chi connectivity index (χ0n) is 12.2. The monoisotopic (exact) mass is 304 g/mol. The zero-order chi connectivity index (χ0) is 15.2. The van der Waals surface area contributed by atoms with E-state index >= 15 is 0 Å². The molecular weight excluding hydrogens is 280 g/mol. The van der Waals surface area contributed by atoms with Crippen LogP contribution in [0.2, 0.25) is 0 Å². The molecule has 1 rings (SSSR count). The molecule has 0 saturated carbocycles. The van der Waals surface area contributed by atoms with Crippen molar-refractivity contribution in [1.82, 2.24) is 14.5 Å². The van der Waals surface area contributed by atoms with Gasteiger partial charge in [0.25, 0.3) is 0 Å². The van der Waals surface area contributed by atoms with E-state index in [4.69, 9.17) is 10.5 Å². The summed E-state index contributed by atoms with van der Waals surface area (Å²) in [7, 11) is -3.59. The number of ether oxygens (including phenoxy) is 1. The first-order valence-corrected chi connectivity index (χ1v) is 8.21. The van der Waals surface area contributed by atoms with Crippen LogP contribution in [0.4, 0.5) is 0 Å². The Balaban J connectivity index is 2.80. The molecule has 20 heavy (non-hydrogen) atoms. The predicted octanol–water partition coefficient (Wildman–Crippen LogP) is 0.181. The minimum atomic E-state index is -3.59. The van der Waals surface area contributed by atoms with Gasteiger partial charge in [0.2, 0.25) is 10.0 Å². The molecule has 0 saturated heterocycles. The Bertz CT molecular complexity index is 499. The summed E-state index contributed by atoms with van der Waals surface area (Å²) in [6.45, 7) is 7.58. The summed E-state index contributed by atoms with van der Waals surface area (Å²) in [4.78, 5) is 0.146. The second-order valence-electron chi connectivity index (χ2n) is 4.86. The van der Waals surface area contributed by atoms with Gasteiger partial charge in [-0.15, -0.1) is 0 Å². The van der Waals surface area contributed by atoms with E-state index in [1.54, 1.807) is 0 Å². The van der Waals surface area contributed by atoms with Crippen LogP contribution in [0.15, 0.2) is 17.3 Å². The number of nitrogens with zero attached hydrogens (tertiary/aromatic N) is 2. The summed E-state index contributed by atoms with van der Waals surface area (Å²) >= 11 is 0. The average Bonchev–Trinajstić information content (AvgIpc) is 2.84. The van der Waals surface area contributed by atoms with Gasteiger partial charge in [-0.2, -0.15) is 5.10 Å². The minimum Gasteiger partial charge on any atom is -0.380 e. The van der Waals surface area contributed by atoms with Gasteiger partial charge in [-0.3, -0.25) is 4.68 Å². The molecule has 0 spiro atoms. The minimum absolute atomic E-state index is 0.135. The molecule has 1 heterocycles. The fourth-order valence-electron chi connectivity index (χ4n) is 1.61. The second kappa shape index (κ2) is 7.72. The second-order valence-corrected chi connectivity index (χ2v) is 6.57. The molecule has 0 fully saturated rings. The smallest absolute Gasteiger partial charge is 0.244 e. The van der Waals surface area contributed by atoms with Gasteiger partial charge in [0.1, 0.15) is 4.90 Å². The van der Waals surface area contributed by atoms with Gasteiger partial charge in [0.15, 0.2) is 0 Å². The van der Waals surface area contributed by atoms with E-state index in [1.807, 2.05) is 20.8 Å². The molecule has 0 aliphatic rings. The first-order chi connectivity index (χ1) is 9.40. The van der Waals surface area contributed by atoms with Gasteiger partial charge in [-0.1, -0.05) is 13.8 Å². The van der Waals surface area contributed by atoms with Crippen LogP contribution in [-0.2, 0) is 21.3 Å². The summed E-state index contributed by atoms with van der Waals surface area (Å²) in [5, 5.41) is 3.97. The highest BCUT2D eigenvalue weighted by Gasteiger charge is 2.23. The van der Waals surface area contributed by atoms with Crippen LogP contribution in [0.5, 0.6) is 0 Å². The van der Waals surface area contributed by atoms with Crippen LogP contribution in [0, 0.1) is 5.92 Å². The van der Waals surface area contributed by atoms with Gasteiger partial charge >= 0.3 is 0 Å². The Hall–Kier alpha value is -0.960. The zero-order valence-corrected chi connectivity index (χ0v) is 13.1. The van der Waals surface area contributed by atoms with Crippen molar-refractivity contribution in [2.75, 3.05) is 19.8 Å². The van der Waals surface area contributed by atoms with Crippen LogP contribution in [0.3, 0.4) is 0 Å². The highest BCUT2D eigenvalue weighted by atomic mass is 32.2. The number of aromatic nitrogens is 2. The van der Waals surface area contributed by atoms with Gasteiger partial charge in [0.05, 0.1) is 19.3 Å². The SMILES string of the molecule is CCOCC(NS(=O)(=O)c1cnn(CCN)c1)C(C)C. The summed E-state index contributed by atoms with van der Waals surface area (Å²) in [5.41, 5.74) is 5.41. The van der Waals surface area contributed by atoms with Crippen LogP contribution < -0.4 is 10.5 Å². The molecular formula is C12H24N4O3S. The molecule has 1 aromatic rings. The lowest BCUT2D eigenvalue weighted by atomic mass is 10.1. The third-order valence-corrected chi connectivity index (χ3v) is 4.34. The summed E-state index contributed by atoms with van der Waals surface area (Å²) in [6, 6.07) is -0.266. The number of nitrogens with two attached hydrogens (primary N) is 1. The van der Waals surface area contributed by atoms with E-state index in [-0.39, 0.29) is 16.9 Å². The van der Waals surface area contributed by atoms with E-state index in [9.17, 15) is 8.42 Å². The molecule has 0 aliphatic carbocycles. The van der Waals surface area contributed by atoms with E-state index in [0.29, 0.717) is 26.3 Å². The van der Waals surface area contributed by atoms with E-state index in [0.717, 1.165) is 0 Å². The third-order valence-electron chi connectivity index (χ3n) is 2.89. The topological polar surface area (TPSA) is 99.2 Å². The van der Waals surface area contributed by atoms with Crippen LogP contribution in [-0.4, -0.2) is 44.0 Å². The number of hydrogen-bond acceptors (Lipinski definition) is 5. The summed E-state index contributed by atoms with van der Waals surface area (Å²) < 4.78 is 34.0. The van der Waals surface area contributed by atoms with Gasteiger partial charge < -0.3 is 10.5 Å². The molecule has 0 radical (unpaired) electrons. The van der Waals surface area contributed by atoms with Crippen molar-refractivity contribution in [3.05, 3.63) is 12.4 Å². The summed E-state index contributed by atoms with van der Waals surface area (Å²) in [6.07, 6.45) is 2.81. The Labute approximate surface area is 120 Å². The third kappa shape index (κ3) is 4.86. The van der Waals surface area contributed by atoms with E-state index < -0.39 is 10.0 Å². The van der Waals surface area contributed by atoms with E-state index in [1.165, 1.54) is 17.1 Å². The van der Waals surface area contributed by atoms with Crippen molar-refractivity contribution in [1.29, 1.82) is 0 Å². The van der Waals surface area contributed by atoms with E-state index in [2.05, 4.69) is 9.82 Å². The number of sulfonamides is 1. The Morgan fingerprint density at radius 1 is 1.50 bits per heavy atom. The van der Waals surface area contributed by atoms with Crippen molar-refractivity contribution in [3.63, 3.8) is 0 Å². The predicted molar refractivity (Wildman–Crippen MR) is 76.7 cm³/mol. The molecule has 1 atom stereocenters. The number of rotatable bonds is 9. The molecule has 0 aliphatic heterocycles. The molecule has 0 aromatic carbocycles. The van der Waals surface area contributed by atoms with Gasteiger partial charge in [0, 0.05) is 25.4 Å². The van der Waals surface area contributed by atoms with Crippen molar-refractivity contribution >= 4 is 10.0 Å². The maximum absolute atomic E-state index is 12.3. The normalized spacial score (nSPS) is 13.8. The molecule has 8 heteroatoms. The first-order valence-electron chi connectivity index (χ1n) is 6.73. The molecule has 1 unspecified atom stereocenters. The van der Waals surface area contributed by atoms with Crippen molar-refractivity contribution in [2.24, 2.45) is 11.7 Å². The van der Waals surface area contributed by atoms with Crippen LogP contribution in [0.25, 0.3) is 0 Å². The molecule has 0 bridgehead atoms. The Morgan fingerprint density at radius 2 is 2.20 bits per heavy atom. The Kier molecular flexibility index (Phi) is 6.60. The maximum Gasteiger partial charge on any atom is 0.244 e. The highest BCUT2D eigenvalue weighted by molar-refractivity contribution is 7.89. The first kappa shape index (κ1) is 17.1. The lowest BCUT2D eigenvalue weighted by Crippen LogP contribution is -2.41. The lowest BCUT2D eigenvalue weighted by molar-refractivity contribution is 0.116. The summed E-state index contributed by atoms with van der Waals surface area (Å²) in [5.74, 6) is 0.135. The molecule has 1 aromatic heterocycles. The quantitative estimate of drug-likeness (QED) is 0.678. The molecule has 0 amide bonds. The van der Waals surface area contributed by atoms with Crippen molar-refractivity contribution < 1.29 is 13.2 Å². The maximum atomic E-state index is 12.3. The number of nitrogens with one attached hydrogen (secondary N) is 1. The van der Waals surface area contributed by atoms with Crippen molar-refractivity contribution in [3.8, 4) is 0 Å². The highest BCUT2D eigenvalue weighted by Crippen LogP contribution is 2.11. The Morgan fingerprint density at radius 3 is 2.75 bits per heavy atom. The van der Waals surface area contributed by atoms with Gasteiger partial charge in [-0.25, -0.2) is 13.1 Å². The van der Waals surface area contributed by atoms with Crippen LogP contribution in [0.1, 0.15) is 20.8 Å². The fourth-order valence-corrected chi connectivity index (χ4v) is 2.93. The average molecular weight is 304 g/mol. The standard InChI is InChI=1S/C12H24N4O3S/c1-4-19-9-12(10(2)3)15-20(17,18)11-7-14-16(8-11)6-5-13/h7-8,10,12,15H,4-6,9,13H2,1-3H3. The fraction of sp³-hybridized carbons (Fsp3) is 0.750. The molecule has 116 valence electrons. The molecule has 3 N–H and O–H groups in total. The van der Waals surface area contributed by atoms with Crippen molar-refractivity contribution in [2.45, 2.75) is 38.3 Å². The number of hydrogen-bond donors (Lipinski definition) is 2. The largest absolute Gasteiger partial charge is 0.380 e. The van der Waals surface area contributed by atoms with Gasteiger partial charge in [-0.05, 0) is 12.8 Å². The lowest BCUT2D eigenvalue weighted by Gasteiger charge is -2.21. The van der Waals surface area contributed by atoms with Crippen LogP contribution >= 0.6 is 0 Å².